The summed E-state index contributed by atoms with van der Waals surface area (Å²) in [6.07, 6.45) is 3.65. The Morgan fingerprint density at radius 2 is 1.94 bits per heavy atom. The summed E-state index contributed by atoms with van der Waals surface area (Å²) in [6, 6.07) is 18.0. The predicted molar refractivity (Wildman–Crippen MR) is 119 cm³/mol. The first kappa shape index (κ1) is 20.7. The summed E-state index contributed by atoms with van der Waals surface area (Å²) in [5.74, 6) is -0.673. The number of nitrogens with one attached hydrogen (secondary N) is 1. The summed E-state index contributed by atoms with van der Waals surface area (Å²) in [6.45, 7) is 2.03. The Morgan fingerprint density at radius 3 is 2.61 bits per heavy atom. The second-order valence-corrected chi connectivity index (χ2v) is 7.76. The van der Waals surface area contributed by atoms with Crippen molar-refractivity contribution < 1.29 is 9.18 Å². The summed E-state index contributed by atoms with van der Waals surface area (Å²) in [5.41, 5.74) is 3.19. The average molecular weight is 434 g/mol. The Kier molecular flexibility index (Phi) is 6.08. The standard InChI is InChI=1S/C23H20FN5OS/c1-15-13-17(8-11-19(15)24)29-22(20-5-3-4-12-25-20)21(27-28-29)23(30)26-14-16-6-9-18(31-2)10-7-16/h3-13H,14H2,1-2H3,(H,26,30). The quantitative estimate of drug-likeness (QED) is 0.456. The number of hydrogen-bond donors (Lipinski definition) is 1. The van der Waals surface area contributed by atoms with Crippen LogP contribution < -0.4 is 5.32 Å². The highest BCUT2D eigenvalue weighted by Crippen LogP contribution is 2.24. The monoisotopic (exact) mass is 433 g/mol. The van der Waals surface area contributed by atoms with E-state index in [-0.39, 0.29) is 17.4 Å². The van der Waals surface area contributed by atoms with E-state index in [9.17, 15) is 9.18 Å². The molecule has 0 aliphatic rings. The molecule has 0 bridgehead atoms. The van der Waals surface area contributed by atoms with Gasteiger partial charge in [0.05, 0.1) is 11.4 Å². The van der Waals surface area contributed by atoms with Crippen molar-refractivity contribution in [2.24, 2.45) is 0 Å². The van der Waals surface area contributed by atoms with E-state index in [2.05, 4.69) is 20.6 Å². The minimum Gasteiger partial charge on any atom is -0.346 e. The maximum atomic E-state index is 13.8. The second-order valence-electron chi connectivity index (χ2n) is 6.88. The van der Waals surface area contributed by atoms with E-state index < -0.39 is 0 Å². The fourth-order valence-electron chi connectivity index (χ4n) is 3.12. The van der Waals surface area contributed by atoms with Gasteiger partial charge in [-0.2, -0.15) is 0 Å². The number of aryl methyl sites for hydroxylation is 1. The normalized spacial score (nSPS) is 10.8. The van der Waals surface area contributed by atoms with Crippen molar-refractivity contribution in [3.8, 4) is 17.1 Å². The molecule has 8 heteroatoms. The molecule has 0 fully saturated rings. The lowest BCUT2D eigenvalue weighted by atomic mass is 10.1. The lowest BCUT2D eigenvalue weighted by molar-refractivity contribution is 0.0946. The summed E-state index contributed by atoms with van der Waals surface area (Å²) in [7, 11) is 0. The molecule has 31 heavy (non-hydrogen) atoms. The van der Waals surface area contributed by atoms with Crippen LogP contribution in [-0.4, -0.2) is 32.1 Å². The number of carbonyl (C=O) groups is 1. The van der Waals surface area contributed by atoms with E-state index in [0.29, 0.717) is 29.2 Å². The topological polar surface area (TPSA) is 72.7 Å². The second kappa shape index (κ2) is 9.09. The molecule has 0 unspecified atom stereocenters. The Bertz CT molecular complexity index is 1210. The third-order valence-corrected chi connectivity index (χ3v) is 5.53. The van der Waals surface area contributed by atoms with Crippen LogP contribution in [0, 0.1) is 12.7 Å². The smallest absolute Gasteiger partial charge is 0.274 e. The van der Waals surface area contributed by atoms with Gasteiger partial charge in [0.1, 0.15) is 11.5 Å². The molecule has 0 saturated carbocycles. The molecule has 2 aromatic heterocycles. The zero-order valence-corrected chi connectivity index (χ0v) is 17.9. The molecule has 0 spiro atoms. The Labute approximate surface area is 183 Å². The lowest BCUT2D eigenvalue weighted by Crippen LogP contribution is -2.24. The van der Waals surface area contributed by atoms with Gasteiger partial charge in [-0.05, 0) is 66.8 Å². The van der Waals surface area contributed by atoms with Gasteiger partial charge in [0.15, 0.2) is 5.69 Å². The number of nitrogens with zero attached hydrogens (tertiary/aromatic N) is 4. The molecule has 0 aliphatic heterocycles. The van der Waals surface area contributed by atoms with Crippen LogP contribution in [-0.2, 0) is 6.54 Å². The maximum Gasteiger partial charge on any atom is 0.274 e. The molecule has 6 nitrogen and oxygen atoms in total. The number of benzene rings is 2. The highest BCUT2D eigenvalue weighted by Gasteiger charge is 2.23. The largest absolute Gasteiger partial charge is 0.346 e. The first-order valence-corrected chi connectivity index (χ1v) is 10.8. The van der Waals surface area contributed by atoms with E-state index >= 15 is 0 Å². The molecule has 2 heterocycles. The third-order valence-electron chi connectivity index (χ3n) is 4.79. The number of halogens is 1. The van der Waals surface area contributed by atoms with Crippen molar-refractivity contribution in [3.63, 3.8) is 0 Å². The van der Waals surface area contributed by atoms with E-state index in [1.165, 1.54) is 10.7 Å². The van der Waals surface area contributed by atoms with Crippen molar-refractivity contribution in [3.05, 3.63) is 89.5 Å². The van der Waals surface area contributed by atoms with Gasteiger partial charge in [0.25, 0.3) is 5.91 Å². The number of aromatic nitrogens is 4. The molecule has 0 saturated heterocycles. The summed E-state index contributed by atoms with van der Waals surface area (Å²) in [5, 5.41) is 11.2. The Morgan fingerprint density at radius 1 is 1.13 bits per heavy atom. The van der Waals surface area contributed by atoms with Crippen LogP contribution in [0.3, 0.4) is 0 Å². The van der Waals surface area contributed by atoms with Gasteiger partial charge in [0, 0.05) is 17.6 Å². The summed E-state index contributed by atoms with van der Waals surface area (Å²) in [4.78, 5) is 18.5. The Balaban J connectivity index is 1.67. The van der Waals surface area contributed by atoms with Gasteiger partial charge in [-0.3, -0.25) is 9.78 Å². The Hall–Kier alpha value is -3.52. The van der Waals surface area contributed by atoms with Crippen LogP contribution >= 0.6 is 11.8 Å². The first-order valence-electron chi connectivity index (χ1n) is 9.61. The molecule has 156 valence electrons. The van der Waals surface area contributed by atoms with Gasteiger partial charge in [0.2, 0.25) is 0 Å². The van der Waals surface area contributed by atoms with Crippen LogP contribution in [0.1, 0.15) is 21.6 Å². The molecule has 1 N–H and O–H groups in total. The number of amides is 1. The van der Waals surface area contributed by atoms with Crippen LogP contribution in [0.15, 0.2) is 71.8 Å². The van der Waals surface area contributed by atoms with Crippen molar-refractivity contribution in [2.45, 2.75) is 18.4 Å². The van der Waals surface area contributed by atoms with E-state index in [1.807, 2.05) is 36.6 Å². The molecular formula is C23H20FN5OS. The van der Waals surface area contributed by atoms with E-state index in [1.54, 1.807) is 49.1 Å². The molecular weight excluding hydrogens is 413 g/mol. The van der Waals surface area contributed by atoms with E-state index in [0.717, 1.165) is 10.5 Å². The SMILES string of the molecule is CSc1ccc(CNC(=O)c2nnn(-c3ccc(F)c(C)c3)c2-c2ccccn2)cc1. The fourth-order valence-corrected chi connectivity index (χ4v) is 3.53. The van der Waals surface area contributed by atoms with Crippen LogP contribution in [0.4, 0.5) is 4.39 Å². The zero-order valence-electron chi connectivity index (χ0n) is 17.0. The van der Waals surface area contributed by atoms with Gasteiger partial charge in [-0.15, -0.1) is 16.9 Å². The highest BCUT2D eigenvalue weighted by atomic mass is 32.2. The summed E-state index contributed by atoms with van der Waals surface area (Å²) >= 11 is 1.66. The van der Waals surface area contributed by atoms with Gasteiger partial charge in [-0.25, -0.2) is 9.07 Å². The van der Waals surface area contributed by atoms with Gasteiger partial charge >= 0.3 is 0 Å². The van der Waals surface area contributed by atoms with Crippen molar-refractivity contribution >= 4 is 17.7 Å². The lowest BCUT2D eigenvalue weighted by Gasteiger charge is -2.09. The molecule has 0 atom stereocenters. The molecule has 0 radical (unpaired) electrons. The van der Waals surface area contributed by atoms with E-state index in [4.69, 9.17) is 0 Å². The van der Waals surface area contributed by atoms with Crippen LogP contribution in [0.25, 0.3) is 17.1 Å². The number of rotatable bonds is 6. The summed E-state index contributed by atoms with van der Waals surface area (Å²) < 4.78 is 15.3. The molecule has 4 aromatic rings. The minimum absolute atomic E-state index is 0.154. The predicted octanol–water partition coefficient (Wildman–Crippen LogP) is 4.43. The number of thioether (sulfide) groups is 1. The molecule has 2 aromatic carbocycles. The number of hydrogen-bond acceptors (Lipinski definition) is 5. The average Bonchev–Trinajstić information content (AvgIpc) is 3.25. The van der Waals surface area contributed by atoms with Crippen molar-refractivity contribution in [2.75, 3.05) is 6.26 Å². The molecule has 0 aliphatic carbocycles. The zero-order chi connectivity index (χ0) is 21.8. The maximum absolute atomic E-state index is 13.8. The molecule has 4 rings (SSSR count). The fraction of sp³-hybridized carbons (Fsp3) is 0.130. The minimum atomic E-state index is -0.361. The van der Waals surface area contributed by atoms with Gasteiger partial charge < -0.3 is 5.32 Å². The van der Waals surface area contributed by atoms with Crippen molar-refractivity contribution in [1.29, 1.82) is 0 Å². The third kappa shape index (κ3) is 4.49. The van der Waals surface area contributed by atoms with Crippen LogP contribution in [0.2, 0.25) is 0 Å². The van der Waals surface area contributed by atoms with Crippen molar-refractivity contribution in [1.82, 2.24) is 25.3 Å². The number of pyridine rings is 1. The number of carbonyl (C=O) groups excluding carboxylic acids is 1. The van der Waals surface area contributed by atoms with Gasteiger partial charge in [-0.1, -0.05) is 23.4 Å². The first-order chi connectivity index (χ1) is 15.1. The highest BCUT2D eigenvalue weighted by molar-refractivity contribution is 7.98. The molecule has 1 amide bonds. The van der Waals surface area contributed by atoms with Crippen LogP contribution in [0.5, 0.6) is 0 Å².